The predicted octanol–water partition coefficient (Wildman–Crippen LogP) is 6.49. The molecule has 0 fully saturated rings. The molecule has 0 amide bonds. The van der Waals surface area contributed by atoms with E-state index >= 15 is 4.39 Å². The van der Waals surface area contributed by atoms with Crippen molar-refractivity contribution in [3.05, 3.63) is 41.9 Å². The van der Waals surface area contributed by atoms with Gasteiger partial charge in [0.1, 0.15) is 17.0 Å². The van der Waals surface area contributed by atoms with Gasteiger partial charge in [0.2, 0.25) is 0 Å². The highest BCUT2D eigenvalue weighted by atomic mass is 19.1. The van der Waals surface area contributed by atoms with Crippen LogP contribution >= 0.6 is 0 Å². The van der Waals surface area contributed by atoms with Gasteiger partial charge in [-0.15, -0.1) is 0 Å². The highest BCUT2D eigenvalue weighted by Crippen LogP contribution is 2.35. The van der Waals surface area contributed by atoms with Gasteiger partial charge in [-0.05, 0) is 53.7 Å². The Hall–Kier alpha value is -2.63. The second kappa shape index (κ2) is 8.25. The van der Waals surface area contributed by atoms with Crippen LogP contribution in [-0.2, 0) is 14.3 Å². The molecule has 1 aromatic heterocycles. The Morgan fingerprint density at radius 2 is 1.53 bits per heavy atom. The maximum atomic E-state index is 15.2. The average molecular weight is 418 g/mol. The summed E-state index contributed by atoms with van der Waals surface area (Å²) in [4.78, 5) is 24.8. The van der Waals surface area contributed by atoms with Crippen LogP contribution in [0.5, 0.6) is 0 Å². The molecule has 2 rings (SSSR count). The van der Waals surface area contributed by atoms with Gasteiger partial charge in [-0.25, -0.2) is 9.18 Å². The summed E-state index contributed by atoms with van der Waals surface area (Å²) < 4.78 is 27.4. The molecule has 0 saturated carbocycles. The molecule has 0 radical (unpaired) electrons. The van der Waals surface area contributed by atoms with E-state index in [1.165, 1.54) is 10.6 Å². The van der Waals surface area contributed by atoms with Gasteiger partial charge in [0.15, 0.2) is 0 Å². The molecule has 1 aromatic carbocycles. The van der Waals surface area contributed by atoms with Crippen LogP contribution in [0.1, 0.15) is 67.4 Å². The van der Waals surface area contributed by atoms with Gasteiger partial charge >= 0.3 is 12.1 Å². The molecule has 0 bridgehead atoms. The van der Waals surface area contributed by atoms with Crippen LogP contribution in [0.2, 0.25) is 0 Å². The van der Waals surface area contributed by atoms with Gasteiger partial charge in [0.05, 0.1) is 11.9 Å². The molecule has 0 N–H and O–H groups in total. The molecule has 0 spiro atoms. The highest BCUT2D eigenvalue weighted by molar-refractivity contribution is 5.95. The second-order valence-electron chi connectivity index (χ2n) is 10.1. The number of carbonyl (C=O) groups is 2. The lowest BCUT2D eigenvalue weighted by Gasteiger charge is -2.25. The standard InChI is InChI=1S/C24H32FNO4/c1-22(2,3)29-20(27)14-24(7,8)19(25)13-16-15-26(21(28)30-23(4,5)6)18-12-10-9-11-17(16)18/h9-13,15H,14H2,1-8H3/b19-13+. The Kier molecular flexibility index (Phi) is 6.50. The molecule has 6 heteroatoms. The van der Waals surface area contributed by atoms with Crippen molar-refractivity contribution in [2.24, 2.45) is 5.41 Å². The Morgan fingerprint density at radius 3 is 2.10 bits per heavy atom. The molecule has 0 aliphatic carbocycles. The van der Waals surface area contributed by atoms with Gasteiger partial charge in [0.25, 0.3) is 0 Å². The molecule has 2 aromatic rings. The van der Waals surface area contributed by atoms with Gasteiger partial charge in [-0.1, -0.05) is 32.0 Å². The Labute approximate surface area is 177 Å². The van der Waals surface area contributed by atoms with Crippen LogP contribution in [0.3, 0.4) is 0 Å². The summed E-state index contributed by atoms with van der Waals surface area (Å²) in [6.45, 7) is 14.0. The molecule has 0 atom stereocenters. The predicted molar refractivity (Wildman–Crippen MR) is 117 cm³/mol. The molecular weight excluding hydrogens is 385 g/mol. The van der Waals surface area contributed by atoms with Crippen LogP contribution in [-0.4, -0.2) is 27.8 Å². The van der Waals surface area contributed by atoms with E-state index in [9.17, 15) is 9.59 Å². The van der Waals surface area contributed by atoms with Crippen molar-refractivity contribution >= 4 is 29.0 Å². The second-order valence-corrected chi connectivity index (χ2v) is 10.1. The first-order valence-electron chi connectivity index (χ1n) is 10.0. The van der Waals surface area contributed by atoms with Gasteiger partial charge in [-0.3, -0.25) is 9.36 Å². The van der Waals surface area contributed by atoms with Gasteiger partial charge in [-0.2, -0.15) is 0 Å². The van der Waals surface area contributed by atoms with Crippen LogP contribution in [0.4, 0.5) is 9.18 Å². The summed E-state index contributed by atoms with van der Waals surface area (Å²) in [5.41, 5.74) is -1.19. The molecule has 30 heavy (non-hydrogen) atoms. The molecule has 164 valence electrons. The Balaban J connectivity index is 2.39. The summed E-state index contributed by atoms with van der Waals surface area (Å²) in [5, 5.41) is 0.714. The van der Waals surface area contributed by atoms with E-state index in [0.717, 1.165) is 0 Å². The number of halogens is 1. The van der Waals surface area contributed by atoms with E-state index in [1.807, 2.05) is 12.1 Å². The lowest BCUT2D eigenvalue weighted by molar-refractivity contribution is -0.156. The summed E-state index contributed by atoms with van der Waals surface area (Å²) in [7, 11) is 0. The number of esters is 1. The number of benzene rings is 1. The number of ether oxygens (including phenoxy) is 2. The quantitative estimate of drug-likeness (QED) is 0.533. The van der Waals surface area contributed by atoms with Gasteiger partial charge in [0, 0.05) is 22.6 Å². The zero-order chi connectivity index (χ0) is 22.9. The summed E-state index contributed by atoms with van der Waals surface area (Å²) >= 11 is 0. The molecular formula is C24H32FNO4. The maximum absolute atomic E-state index is 15.2. The van der Waals surface area contributed by atoms with Crippen molar-refractivity contribution < 1.29 is 23.5 Å². The number of nitrogens with zero attached hydrogens (tertiary/aromatic N) is 1. The maximum Gasteiger partial charge on any atom is 0.419 e. The first-order chi connectivity index (χ1) is 13.6. The van der Waals surface area contributed by atoms with E-state index in [1.54, 1.807) is 73.7 Å². The normalized spacial score (nSPS) is 13.4. The number of hydrogen-bond donors (Lipinski definition) is 0. The number of carbonyl (C=O) groups excluding carboxylic acids is 2. The summed E-state index contributed by atoms with van der Waals surface area (Å²) in [6.07, 6.45) is 2.29. The van der Waals surface area contributed by atoms with Crippen molar-refractivity contribution in [3.63, 3.8) is 0 Å². The zero-order valence-electron chi connectivity index (χ0n) is 19.1. The minimum atomic E-state index is -1.06. The van der Waals surface area contributed by atoms with E-state index < -0.39 is 34.5 Å². The highest BCUT2D eigenvalue weighted by Gasteiger charge is 2.30. The number of allylic oxidation sites excluding steroid dienone is 1. The number of aromatic nitrogens is 1. The smallest absolute Gasteiger partial charge is 0.419 e. The molecule has 0 aliphatic rings. The number of fused-ring (bicyclic) bond motifs is 1. The van der Waals surface area contributed by atoms with E-state index in [-0.39, 0.29) is 6.42 Å². The minimum Gasteiger partial charge on any atom is -0.460 e. The van der Waals surface area contributed by atoms with Crippen LogP contribution < -0.4 is 0 Å². The van der Waals surface area contributed by atoms with Crippen molar-refractivity contribution in [3.8, 4) is 0 Å². The third kappa shape index (κ3) is 6.18. The molecule has 0 unspecified atom stereocenters. The first-order valence-corrected chi connectivity index (χ1v) is 10.0. The van der Waals surface area contributed by atoms with Crippen LogP contribution in [0.15, 0.2) is 36.3 Å². The number of rotatable bonds is 4. The molecule has 0 saturated heterocycles. The lowest BCUT2D eigenvalue weighted by atomic mass is 9.87. The van der Waals surface area contributed by atoms with Crippen molar-refractivity contribution in [1.29, 1.82) is 0 Å². The lowest BCUT2D eigenvalue weighted by Crippen LogP contribution is -2.27. The van der Waals surface area contributed by atoms with Crippen LogP contribution in [0.25, 0.3) is 17.0 Å². The largest absolute Gasteiger partial charge is 0.460 e. The molecule has 0 aliphatic heterocycles. The Bertz CT molecular complexity index is 971. The summed E-state index contributed by atoms with van der Waals surface area (Å²) in [6, 6.07) is 7.22. The van der Waals surface area contributed by atoms with E-state index in [4.69, 9.17) is 9.47 Å². The van der Waals surface area contributed by atoms with Crippen molar-refractivity contribution in [2.45, 2.75) is 73.0 Å². The van der Waals surface area contributed by atoms with E-state index in [0.29, 0.717) is 16.5 Å². The first kappa shape index (κ1) is 23.6. The van der Waals surface area contributed by atoms with Crippen LogP contribution in [0, 0.1) is 5.41 Å². The fourth-order valence-electron chi connectivity index (χ4n) is 2.94. The monoisotopic (exact) mass is 417 g/mol. The van der Waals surface area contributed by atoms with Crippen molar-refractivity contribution in [1.82, 2.24) is 4.57 Å². The third-order valence-corrected chi connectivity index (χ3v) is 4.27. The van der Waals surface area contributed by atoms with Gasteiger partial charge < -0.3 is 9.47 Å². The Morgan fingerprint density at radius 1 is 0.967 bits per heavy atom. The average Bonchev–Trinajstić information content (AvgIpc) is 2.90. The number of para-hydroxylation sites is 1. The SMILES string of the molecule is CC(C)(C)OC(=O)CC(C)(C)/C(F)=C\c1cn(C(=O)OC(C)(C)C)c2ccccc12. The van der Waals surface area contributed by atoms with Crippen molar-refractivity contribution in [2.75, 3.05) is 0 Å². The zero-order valence-corrected chi connectivity index (χ0v) is 19.1. The fraction of sp³-hybridized carbons (Fsp3) is 0.500. The minimum absolute atomic E-state index is 0.0999. The topological polar surface area (TPSA) is 57.5 Å². The fourth-order valence-corrected chi connectivity index (χ4v) is 2.94. The molecule has 1 heterocycles. The molecule has 5 nitrogen and oxygen atoms in total. The third-order valence-electron chi connectivity index (χ3n) is 4.27. The van der Waals surface area contributed by atoms with E-state index in [2.05, 4.69) is 0 Å². The number of hydrogen-bond acceptors (Lipinski definition) is 4. The summed E-state index contributed by atoms with van der Waals surface area (Å²) in [5.74, 6) is -0.937.